The van der Waals surface area contributed by atoms with E-state index in [4.69, 9.17) is 5.11 Å². The molecule has 0 aromatic carbocycles. The highest BCUT2D eigenvalue weighted by molar-refractivity contribution is 5.65. The molecule has 0 aliphatic carbocycles. The Morgan fingerprint density at radius 1 is 0.618 bits per heavy atom. The molecule has 0 aromatic rings. The van der Waals surface area contributed by atoms with Gasteiger partial charge in [0.05, 0.1) is 0 Å². The molecule has 0 saturated heterocycles. The van der Waals surface area contributed by atoms with Crippen molar-refractivity contribution in [1.82, 2.24) is 4.90 Å². The summed E-state index contributed by atoms with van der Waals surface area (Å²) in [7, 11) is 0. The minimum Gasteiger partial charge on any atom is -0.465 e. The smallest absolute Gasteiger partial charge is 0.460 e. The van der Waals surface area contributed by atoms with Gasteiger partial charge in [-0.1, -0.05) is 0 Å². The fraction of sp³-hybridized carbons (Fsp3) is 0.929. The number of nitrogens with zero attached hydrogens (tertiary/aromatic N) is 1. The Bertz CT molecular complexity index is 743. The van der Waals surface area contributed by atoms with Crippen LogP contribution in [0.15, 0.2) is 0 Å². The number of hydrogen-bond acceptors (Lipinski definition) is 1. The quantitative estimate of drug-likeness (QED) is 0.306. The highest BCUT2D eigenvalue weighted by Crippen LogP contribution is 2.64. The molecular formula is C14H12F17NO2. The molecule has 204 valence electrons. The van der Waals surface area contributed by atoms with Crippen LogP contribution >= 0.6 is 0 Å². The predicted molar refractivity (Wildman–Crippen MR) is 75.2 cm³/mol. The molecule has 0 saturated carbocycles. The number of carboxylic acid groups (broad SMARTS) is 1. The molecule has 0 rings (SSSR count). The lowest BCUT2D eigenvalue weighted by Gasteiger charge is -2.43. The van der Waals surface area contributed by atoms with E-state index < -0.39 is 72.7 Å². The lowest BCUT2D eigenvalue weighted by atomic mass is 9.88. The normalized spacial score (nSPS) is 15.6. The van der Waals surface area contributed by atoms with Crippen molar-refractivity contribution >= 4 is 6.09 Å². The largest absolute Gasteiger partial charge is 0.465 e. The summed E-state index contributed by atoms with van der Waals surface area (Å²) in [6.07, 6.45) is -12.8. The number of amides is 1. The Kier molecular flexibility index (Phi) is 8.14. The molecule has 0 spiro atoms. The second kappa shape index (κ2) is 8.63. The van der Waals surface area contributed by atoms with Gasteiger partial charge in [0.15, 0.2) is 0 Å². The molecule has 0 aromatic heterocycles. The van der Waals surface area contributed by atoms with Crippen molar-refractivity contribution in [2.24, 2.45) is 0 Å². The maximum Gasteiger partial charge on any atom is 0.460 e. The van der Waals surface area contributed by atoms with Gasteiger partial charge in [-0.2, -0.15) is 74.6 Å². The maximum absolute atomic E-state index is 13.7. The molecule has 0 heterocycles. The van der Waals surface area contributed by atoms with E-state index in [1.54, 1.807) is 0 Å². The molecule has 1 amide bonds. The summed E-state index contributed by atoms with van der Waals surface area (Å²) in [4.78, 5) is 10.6. The van der Waals surface area contributed by atoms with Crippen LogP contribution in [0.1, 0.15) is 20.3 Å². The molecule has 0 aliphatic heterocycles. The third-order valence-corrected chi connectivity index (χ3v) is 4.32. The van der Waals surface area contributed by atoms with Crippen LogP contribution in [-0.4, -0.2) is 76.3 Å². The van der Waals surface area contributed by atoms with Crippen molar-refractivity contribution in [3.05, 3.63) is 0 Å². The van der Waals surface area contributed by atoms with Crippen molar-refractivity contribution in [2.75, 3.05) is 6.54 Å². The summed E-state index contributed by atoms with van der Waals surface area (Å²) in [6, 6.07) is -1.34. The molecule has 0 fully saturated rings. The van der Waals surface area contributed by atoms with Crippen LogP contribution in [0.5, 0.6) is 0 Å². The summed E-state index contributed by atoms with van der Waals surface area (Å²) in [5.74, 6) is -56.9. The van der Waals surface area contributed by atoms with Gasteiger partial charge in [-0.15, -0.1) is 0 Å². The molecule has 20 heteroatoms. The molecular weight excluding hydrogens is 537 g/mol. The zero-order valence-corrected chi connectivity index (χ0v) is 16.2. The summed E-state index contributed by atoms with van der Waals surface area (Å²) in [6.45, 7) is -0.0246. The van der Waals surface area contributed by atoms with Crippen LogP contribution in [0, 0.1) is 0 Å². The van der Waals surface area contributed by atoms with Gasteiger partial charge in [0, 0.05) is 19.0 Å². The first-order chi connectivity index (χ1) is 14.5. The highest BCUT2D eigenvalue weighted by atomic mass is 19.4. The Morgan fingerprint density at radius 2 is 0.912 bits per heavy atom. The summed E-state index contributed by atoms with van der Waals surface area (Å²) in [5, 5.41) is 8.65. The Hall–Kier alpha value is -1.92. The van der Waals surface area contributed by atoms with Crippen molar-refractivity contribution in [3.63, 3.8) is 0 Å². The van der Waals surface area contributed by atoms with E-state index in [0.29, 0.717) is 0 Å². The second-order valence-electron chi connectivity index (χ2n) is 6.97. The first-order valence-electron chi connectivity index (χ1n) is 8.20. The fourth-order valence-electron chi connectivity index (χ4n) is 2.19. The summed E-state index contributed by atoms with van der Waals surface area (Å²) in [5.41, 5.74) is 0. The predicted octanol–water partition coefficient (Wildman–Crippen LogP) is 6.77. The Balaban J connectivity index is 6.52. The van der Waals surface area contributed by atoms with Crippen LogP contribution in [0.25, 0.3) is 0 Å². The zero-order chi connectivity index (χ0) is 28.1. The van der Waals surface area contributed by atoms with Gasteiger partial charge in [-0.05, 0) is 13.8 Å². The standard InChI is InChI=1S/C14H12F17NO2/c1-5(2)32(6(33)34)4-3-7(15,16)8(17,18)9(19,20)10(21,22)11(23,24)12(25,26)13(27,28)14(29,30)31/h5H,3-4H2,1-2H3,(H,33,34). The monoisotopic (exact) mass is 549 g/mol. The maximum atomic E-state index is 13.7. The van der Waals surface area contributed by atoms with Gasteiger partial charge in [0.25, 0.3) is 0 Å². The van der Waals surface area contributed by atoms with Crippen molar-refractivity contribution in [2.45, 2.75) is 73.9 Å². The second-order valence-corrected chi connectivity index (χ2v) is 6.97. The first-order valence-corrected chi connectivity index (χ1v) is 8.20. The number of alkyl halides is 17. The number of hydrogen-bond donors (Lipinski definition) is 1. The first kappa shape index (κ1) is 32.1. The van der Waals surface area contributed by atoms with Crippen LogP contribution in [-0.2, 0) is 0 Å². The molecule has 1 N–H and O–H groups in total. The average molecular weight is 549 g/mol. The molecule has 3 nitrogen and oxygen atoms in total. The Labute approximate surface area is 177 Å². The van der Waals surface area contributed by atoms with E-state index in [0.717, 1.165) is 13.8 Å². The van der Waals surface area contributed by atoms with Crippen LogP contribution < -0.4 is 0 Å². The fourth-order valence-corrected chi connectivity index (χ4v) is 2.19. The third kappa shape index (κ3) is 4.51. The molecule has 0 atom stereocenters. The minimum absolute atomic E-state index is 0.160. The van der Waals surface area contributed by atoms with E-state index in [2.05, 4.69) is 0 Å². The summed E-state index contributed by atoms with van der Waals surface area (Å²) < 4.78 is 223. The van der Waals surface area contributed by atoms with Crippen molar-refractivity contribution in [3.8, 4) is 0 Å². The van der Waals surface area contributed by atoms with Gasteiger partial charge in [-0.3, -0.25) is 0 Å². The van der Waals surface area contributed by atoms with Gasteiger partial charge >= 0.3 is 53.7 Å². The number of carbonyl (C=O) groups is 1. The van der Waals surface area contributed by atoms with Crippen LogP contribution in [0.2, 0.25) is 0 Å². The van der Waals surface area contributed by atoms with Crippen LogP contribution in [0.3, 0.4) is 0 Å². The molecule has 0 unspecified atom stereocenters. The average Bonchev–Trinajstić information content (AvgIpc) is 2.58. The molecule has 34 heavy (non-hydrogen) atoms. The lowest BCUT2D eigenvalue weighted by Crippen LogP contribution is -2.74. The van der Waals surface area contributed by atoms with E-state index in [1.165, 1.54) is 0 Å². The highest BCUT2D eigenvalue weighted by Gasteiger charge is 2.95. The third-order valence-electron chi connectivity index (χ3n) is 4.32. The van der Waals surface area contributed by atoms with E-state index in [9.17, 15) is 79.4 Å². The van der Waals surface area contributed by atoms with Crippen molar-refractivity contribution < 1.29 is 84.5 Å². The lowest BCUT2D eigenvalue weighted by molar-refractivity contribution is -0.461. The van der Waals surface area contributed by atoms with Gasteiger partial charge < -0.3 is 10.0 Å². The Morgan fingerprint density at radius 3 is 1.18 bits per heavy atom. The topological polar surface area (TPSA) is 40.5 Å². The van der Waals surface area contributed by atoms with E-state index in [-0.39, 0.29) is 4.90 Å². The molecule has 0 aliphatic rings. The number of rotatable bonds is 10. The zero-order valence-electron chi connectivity index (χ0n) is 16.2. The van der Waals surface area contributed by atoms with E-state index >= 15 is 0 Å². The molecule has 0 bridgehead atoms. The summed E-state index contributed by atoms with van der Waals surface area (Å²) >= 11 is 0. The van der Waals surface area contributed by atoms with Gasteiger partial charge in [0.1, 0.15) is 0 Å². The van der Waals surface area contributed by atoms with Crippen LogP contribution in [0.4, 0.5) is 79.4 Å². The van der Waals surface area contributed by atoms with Crippen molar-refractivity contribution in [1.29, 1.82) is 0 Å². The number of halogens is 17. The van der Waals surface area contributed by atoms with E-state index in [1.807, 2.05) is 0 Å². The van der Waals surface area contributed by atoms with Gasteiger partial charge in [0.2, 0.25) is 0 Å². The molecule has 0 radical (unpaired) electrons. The minimum atomic E-state index is -8.69. The van der Waals surface area contributed by atoms with Gasteiger partial charge in [-0.25, -0.2) is 4.79 Å². The SMILES string of the molecule is CC(C)N(CCC(F)(F)C(F)(F)C(F)(F)C(F)(F)C(F)(F)C(F)(F)C(F)(F)C(F)(F)F)C(=O)O.